The highest BCUT2D eigenvalue weighted by atomic mass is 19.4. The molecule has 0 bridgehead atoms. The zero-order valence-electron chi connectivity index (χ0n) is 11.0. The number of ether oxygens (including phenoxy) is 1. The Balaban J connectivity index is 2.13. The van der Waals surface area contributed by atoms with Crippen molar-refractivity contribution in [3.8, 4) is 0 Å². The number of hydrogen-bond donors (Lipinski definition) is 0. The van der Waals surface area contributed by atoms with Gasteiger partial charge in [0.05, 0.1) is 18.6 Å². The fourth-order valence-corrected chi connectivity index (χ4v) is 2.36. The Morgan fingerprint density at radius 1 is 1.40 bits per heavy atom. The van der Waals surface area contributed by atoms with Crippen LogP contribution in [0.4, 0.5) is 19.0 Å². The van der Waals surface area contributed by atoms with Gasteiger partial charge in [0.2, 0.25) is 0 Å². The van der Waals surface area contributed by atoms with E-state index in [-0.39, 0.29) is 17.7 Å². The molecule has 1 fully saturated rings. The molecule has 110 valence electrons. The zero-order chi connectivity index (χ0) is 14.8. The number of alkyl halides is 3. The van der Waals surface area contributed by atoms with Crippen LogP contribution in [0.1, 0.15) is 18.4 Å². The van der Waals surface area contributed by atoms with Crippen molar-refractivity contribution >= 4 is 11.8 Å². The molecule has 0 aliphatic carbocycles. The van der Waals surface area contributed by atoms with E-state index in [0.717, 1.165) is 6.07 Å². The molecule has 1 aromatic heterocycles. The summed E-state index contributed by atoms with van der Waals surface area (Å²) >= 11 is 0. The Labute approximate surface area is 114 Å². The Bertz CT molecular complexity index is 483. The summed E-state index contributed by atoms with van der Waals surface area (Å²) in [7, 11) is 1.31. The Hall–Kier alpha value is -1.79. The third-order valence-electron chi connectivity index (χ3n) is 3.42. The number of carbonyl (C=O) groups is 1. The SMILES string of the molecule is COC(=O)C1CCN(c2ncccc2C(F)(F)F)CC1. The van der Waals surface area contributed by atoms with Gasteiger partial charge < -0.3 is 9.64 Å². The highest BCUT2D eigenvalue weighted by Gasteiger charge is 2.36. The summed E-state index contributed by atoms with van der Waals surface area (Å²) in [4.78, 5) is 16.8. The molecule has 1 aliphatic rings. The van der Waals surface area contributed by atoms with Crippen molar-refractivity contribution in [2.45, 2.75) is 19.0 Å². The van der Waals surface area contributed by atoms with Crippen molar-refractivity contribution in [1.82, 2.24) is 4.98 Å². The molecule has 0 N–H and O–H groups in total. The van der Waals surface area contributed by atoms with Crippen LogP contribution >= 0.6 is 0 Å². The van der Waals surface area contributed by atoms with E-state index in [1.807, 2.05) is 0 Å². The number of esters is 1. The normalized spacial score (nSPS) is 17.1. The number of rotatable bonds is 2. The molecule has 1 aliphatic heterocycles. The molecular weight excluding hydrogens is 273 g/mol. The van der Waals surface area contributed by atoms with E-state index in [1.54, 1.807) is 4.90 Å². The van der Waals surface area contributed by atoms with Gasteiger partial charge in [-0.05, 0) is 25.0 Å². The number of pyridine rings is 1. The predicted octanol–water partition coefficient (Wildman–Crippen LogP) is 2.49. The van der Waals surface area contributed by atoms with E-state index < -0.39 is 11.7 Å². The smallest absolute Gasteiger partial charge is 0.419 e. The average molecular weight is 288 g/mol. The van der Waals surface area contributed by atoms with Gasteiger partial charge in [0, 0.05) is 19.3 Å². The molecule has 20 heavy (non-hydrogen) atoms. The van der Waals surface area contributed by atoms with Crippen molar-refractivity contribution in [3.05, 3.63) is 23.9 Å². The number of nitrogens with zero attached hydrogens (tertiary/aromatic N) is 2. The average Bonchev–Trinajstić information content (AvgIpc) is 2.46. The summed E-state index contributed by atoms with van der Waals surface area (Å²) < 4.78 is 43.4. The molecule has 0 saturated carbocycles. The number of aromatic nitrogens is 1. The van der Waals surface area contributed by atoms with Gasteiger partial charge in [0.1, 0.15) is 5.82 Å². The third kappa shape index (κ3) is 3.02. The minimum atomic E-state index is -4.43. The van der Waals surface area contributed by atoms with Crippen LogP contribution in [-0.2, 0) is 15.7 Å². The molecule has 0 radical (unpaired) electrons. The second-order valence-electron chi connectivity index (χ2n) is 4.66. The van der Waals surface area contributed by atoms with E-state index in [2.05, 4.69) is 9.72 Å². The lowest BCUT2D eigenvalue weighted by Gasteiger charge is -2.32. The number of piperidine rings is 1. The summed E-state index contributed by atoms with van der Waals surface area (Å²) in [5.41, 5.74) is -0.739. The van der Waals surface area contributed by atoms with Crippen LogP contribution < -0.4 is 4.90 Å². The van der Waals surface area contributed by atoms with Gasteiger partial charge in [-0.15, -0.1) is 0 Å². The van der Waals surface area contributed by atoms with Gasteiger partial charge in [-0.3, -0.25) is 4.79 Å². The number of methoxy groups -OCH3 is 1. The lowest BCUT2D eigenvalue weighted by atomic mass is 9.97. The Morgan fingerprint density at radius 3 is 2.60 bits per heavy atom. The first kappa shape index (κ1) is 14.6. The van der Waals surface area contributed by atoms with Crippen LogP contribution in [0.15, 0.2) is 18.3 Å². The van der Waals surface area contributed by atoms with Crippen LogP contribution in [0.2, 0.25) is 0 Å². The lowest BCUT2D eigenvalue weighted by Crippen LogP contribution is -2.38. The van der Waals surface area contributed by atoms with Gasteiger partial charge in [-0.1, -0.05) is 0 Å². The maximum absolute atomic E-state index is 12.9. The van der Waals surface area contributed by atoms with Crippen LogP contribution in [-0.4, -0.2) is 31.2 Å². The molecule has 0 aromatic carbocycles. The summed E-state index contributed by atoms with van der Waals surface area (Å²) in [6.07, 6.45) is -2.14. The molecule has 0 atom stereocenters. The summed E-state index contributed by atoms with van der Waals surface area (Å²) in [6.45, 7) is 0.722. The first-order valence-electron chi connectivity index (χ1n) is 6.28. The topological polar surface area (TPSA) is 42.4 Å². The second kappa shape index (κ2) is 5.68. The lowest BCUT2D eigenvalue weighted by molar-refractivity contribution is -0.146. The number of halogens is 3. The zero-order valence-corrected chi connectivity index (χ0v) is 11.0. The molecule has 7 heteroatoms. The fraction of sp³-hybridized carbons (Fsp3) is 0.538. The predicted molar refractivity (Wildman–Crippen MR) is 66.2 cm³/mol. The Kier molecular flexibility index (Phi) is 4.15. The first-order chi connectivity index (χ1) is 9.43. The molecule has 1 saturated heterocycles. The summed E-state index contributed by atoms with van der Waals surface area (Å²) in [6, 6.07) is 2.29. The highest BCUT2D eigenvalue weighted by molar-refractivity contribution is 5.72. The largest absolute Gasteiger partial charge is 0.469 e. The molecule has 0 spiro atoms. The number of carbonyl (C=O) groups excluding carboxylic acids is 1. The number of hydrogen-bond acceptors (Lipinski definition) is 4. The van der Waals surface area contributed by atoms with Crippen molar-refractivity contribution in [2.75, 3.05) is 25.1 Å². The molecule has 2 heterocycles. The summed E-state index contributed by atoms with van der Waals surface area (Å²) in [5.74, 6) is -0.612. The summed E-state index contributed by atoms with van der Waals surface area (Å²) in [5, 5.41) is 0. The van der Waals surface area contributed by atoms with Crippen molar-refractivity contribution in [1.29, 1.82) is 0 Å². The quantitative estimate of drug-likeness (QED) is 0.784. The molecule has 0 unspecified atom stereocenters. The van der Waals surface area contributed by atoms with E-state index in [1.165, 1.54) is 19.4 Å². The molecule has 0 amide bonds. The van der Waals surface area contributed by atoms with Crippen LogP contribution in [0.25, 0.3) is 0 Å². The Morgan fingerprint density at radius 2 is 2.05 bits per heavy atom. The van der Waals surface area contributed by atoms with Gasteiger partial charge in [0.25, 0.3) is 0 Å². The fourth-order valence-electron chi connectivity index (χ4n) is 2.36. The molecule has 1 aromatic rings. The van der Waals surface area contributed by atoms with E-state index in [0.29, 0.717) is 25.9 Å². The standard InChI is InChI=1S/C13H15F3N2O2/c1-20-12(19)9-4-7-18(8-5-9)11-10(13(14,15)16)3-2-6-17-11/h2-3,6,9H,4-5,7-8H2,1H3. The highest BCUT2D eigenvalue weighted by Crippen LogP contribution is 2.36. The maximum Gasteiger partial charge on any atom is 0.419 e. The molecule has 4 nitrogen and oxygen atoms in total. The maximum atomic E-state index is 12.9. The van der Waals surface area contributed by atoms with E-state index >= 15 is 0 Å². The second-order valence-corrected chi connectivity index (χ2v) is 4.66. The van der Waals surface area contributed by atoms with Gasteiger partial charge >= 0.3 is 12.1 Å². The van der Waals surface area contributed by atoms with Gasteiger partial charge in [-0.25, -0.2) is 4.98 Å². The molecule has 2 rings (SSSR count). The van der Waals surface area contributed by atoms with Crippen LogP contribution in [0.5, 0.6) is 0 Å². The first-order valence-corrected chi connectivity index (χ1v) is 6.28. The van der Waals surface area contributed by atoms with Crippen molar-refractivity contribution in [3.63, 3.8) is 0 Å². The van der Waals surface area contributed by atoms with Crippen LogP contribution in [0, 0.1) is 5.92 Å². The van der Waals surface area contributed by atoms with Gasteiger partial charge in [0.15, 0.2) is 0 Å². The number of anilines is 1. The van der Waals surface area contributed by atoms with Gasteiger partial charge in [-0.2, -0.15) is 13.2 Å². The van der Waals surface area contributed by atoms with Crippen LogP contribution in [0.3, 0.4) is 0 Å². The van der Waals surface area contributed by atoms with Crippen molar-refractivity contribution in [2.24, 2.45) is 5.92 Å². The molecular formula is C13H15F3N2O2. The van der Waals surface area contributed by atoms with Crippen molar-refractivity contribution < 1.29 is 22.7 Å². The monoisotopic (exact) mass is 288 g/mol. The minimum Gasteiger partial charge on any atom is -0.469 e. The third-order valence-corrected chi connectivity index (χ3v) is 3.42. The van der Waals surface area contributed by atoms with E-state index in [4.69, 9.17) is 0 Å². The minimum absolute atomic E-state index is 0.0664. The van der Waals surface area contributed by atoms with E-state index in [9.17, 15) is 18.0 Å².